The number of aryl methyl sites for hydroxylation is 2. The summed E-state index contributed by atoms with van der Waals surface area (Å²) >= 11 is 1.82. The molecular weight excluding hydrogens is 306 g/mol. The van der Waals surface area contributed by atoms with Crippen LogP contribution < -0.4 is 0 Å². The van der Waals surface area contributed by atoms with Crippen LogP contribution in [0, 0.1) is 13.8 Å². The van der Waals surface area contributed by atoms with Gasteiger partial charge in [-0.2, -0.15) is 11.8 Å². The van der Waals surface area contributed by atoms with Crippen molar-refractivity contribution in [3.63, 3.8) is 0 Å². The van der Waals surface area contributed by atoms with Crippen LogP contribution in [0.2, 0.25) is 0 Å². The highest BCUT2D eigenvalue weighted by Crippen LogP contribution is 2.31. The van der Waals surface area contributed by atoms with E-state index < -0.39 is 5.60 Å². The van der Waals surface area contributed by atoms with Crippen LogP contribution in [0.15, 0.2) is 24.3 Å². The zero-order chi connectivity index (χ0) is 16.4. The van der Waals surface area contributed by atoms with Gasteiger partial charge in [0.2, 0.25) is 0 Å². The molecule has 0 aromatic heterocycles. The van der Waals surface area contributed by atoms with Gasteiger partial charge in [0.1, 0.15) is 5.60 Å². The van der Waals surface area contributed by atoms with Crippen molar-refractivity contribution in [3.8, 4) is 0 Å². The molecule has 0 bridgehead atoms. The van der Waals surface area contributed by atoms with Gasteiger partial charge in [0, 0.05) is 13.1 Å². The molecule has 2 heterocycles. The minimum Gasteiger partial charge on any atom is -0.380 e. The molecule has 0 aliphatic carbocycles. The zero-order valence-electron chi connectivity index (χ0n) is 14.0. The number of thioether (sulfide) groups is 1. The molecule has 4 heteroatoms. The lowest BCUT2D eigenvalue weighted by atomic mass is 9.92. The van der Waals surface area contributed by atoms with Crippen LogP contribution in [-0.2, 0) is 4.79 Å². The Balaban J connectivity index is 1.71. The van der Waals surface area contributed by atoms with Gasteiger partial charge < -0.3 is 10.0 Å². The first-order valence-electron chi connectivity index (χ1n) is 8.35. The average molecular weight is 331 g/mol. The van der Waals surface area contributed by atoms with Gasteiger partial charge in [-0.15, -0.1) is 0 Å². The number of benzene rings is 1. The highest BCUT2D eigenvalue weighted by Gasteiger charge is 2.40. The van der Waals surface area contributed by atoms with E-state index in [1.54, 1.807) is 0 Å². The van der Waals surface area contributed by atoms with Crippen molar-refractivity contribution in [1.29, 1.82) is 0 Å². The van der Waals surface area contributed by atoms with Crippen LogP contribution in [0.1, 0.15) is 36.0 Å². The third kappa shape index (κ3) is 3.64. The summed E-state index contributed by atoms with van der Waals surface area (Å²) in [6, 6.07) is 6.60. The second kappa shape index (κ2) is 6.70. The molecule has 1 N–H and O–H groups in total. The quantitative estimate of drug-likeness (QED) is 0.905. The average Bonchev–Trinajstić information content (AvgIpc) is 2.54. The van der Waals surface area contributed by atoms with Gasteiger partial charge in [-0.05, 0) is 55.8 Å². The van der Waals surface area contributed by atoms with Gasteiger partial charge in [0.25, 0.3) is 5.91 Å². The Morgan fingerprint density at radius 3 is 2.39 bits per heavy atom. The molecule has 1 amide bonds. The number of nitrogens with zero attached hydrogens (tertiary/aromatic N) is 1. The predicted molar refractivity (Wildman–Crippen MR) is 96.6 cm³/mol. The Hall–Kier alpha value is -1.26. The molecule has 1 fully saturated rings. The van der Waals surface area contributed by atoms with E-state index in [9.17, 15) is 9.90 Å². The summed E-state index contributed by atoms with van der Waals surface area (Å²) in [7, 11) is 0. The summed E-state index contributed by atoms with van der Waals surface area (Å²) in [6.07, 6.45) is 4.18. The van der Waals surface area contributed by atoms with Crippen LogP contribution in [0.4, 0.5) is 0 Å². The van der Waals surface area contributed by atoms with E-state index in [2.05, 4.69) is 38.1 Å². The Kier molecular flexibility index (Phi) is 4.83. The highest BCUT2D eigenvalue weighted by molar-refractivity contribution is 7.99. The molecule has 1 aromatic rings. The van der Waals surface area contributed by atoms with Crippen LogP contribution in [0.25, 0.3) is 5.57 Å². The van der Waals surface area contributed by atoms with Crippen LogP contribution in [0.3, 0.4) is 0 Å². The number of hydrogen-bond donors (Lipinski definition) is 1. The fourth-order valence-electron chi connectivity index (χ4n) is 3.49. The van der Waals surface area contributed by atoms with E-state index in [0.717, 1.165) is 17.9 Å². The van der Waals surface area contributed by atoms with Crippen LogP contribution >= 0.6 is 11.8 Å². The fourth-order valence-corrected chi connectivity index (χ4v) is 4.66. The summed E-state index contributed by atoms with van der Waals surface area (Å²) in [5.74, 6) is 1.67. The van der Waals surface area contributed by atoms with Crippen molar-refractivity contribution in [1.82, 2.24) is 4.90 Å². The molecule has 0 saturated carbocycles. The van der Waals surface area contributed by atoms with Gasteiger partial charge in [0.15, 0.2) is 0 Å². The minimum atomic E-state index is -1.13. The van der Waals surface area contributed by atoms with Crippen molar-refractivity contribution in [2.24, 2.45) is 0 Å². The standard InChI is InChI=1S/C19H25NO2S/c1-14-11-15(2)13-17(12-14)16-3-7-20(8-4-16)18(21)19(22)5-9-23-10-6-19/h3,11-13,22H,4-10H2,1-2H3. The van der Waals surface area contributed by atoms with Crippen molar-refractivity contribution in [3.05, 3.63) is 41.0 Å². The maximum Gasteiger partial charge on any atom is 0.254 e. The number of hydrogen-bond acceptors (Lipinski definition) is 3. The molecule has 3 nitrogen and oxygen atoms in total. The van der Waals surface area contributed by atoms with Gasteiger partial charge >= 0.3 is 0 Å². The monoisotopic (exact) mass is 331 g/mol. The molecular formula is C19H25NO2S. The molecule has 0 unspecified atom stereocenters. The summed E-state index contributed by atoms with van der Waals surface area (Å²) in [5.41, 5.74) is 3.99. The third-order valence-corrected chi connectivity index (χ3v) is 5.79. The fraction of sp³-hybridized carbons (Fsp3) is 0.526. The zero-order valence-corrected chi connectivity index (χ0v) is 14.8. The van der Waals surface area contributed by atoms with Crippen molar-refractivity contribution >= 4 is 23.2 Å². The smallest absolute Gasteiger partial charge is 0.254 e. The van der Waals surface area contributed by atoms with Gasteiger partial charge in [-0.3, -0.25) is 4.79 Å². The van der Waals surface area contributed by atoms with Crippen LogP contribution in [0.5, 0.6) is 0 Å². The third-order valence-electron chi connectivity index (χ3n) is 4.81. The largest absolute Gasteiger partial charge is 0.380 e. The maximum atomic E-state index is 12.7. The second-order valence-corrected chi connectivity index (χ2v) is 7.98. The highest BCUT2D eigenvalue weighted by atomic mass is 32.2. The molecule has 1 aromatic carbocycles. The molecule has 2 aliphatic heterocycles. The Morgan fingerprint density at radius 1 is 1.17 bits per heavy atom. The van der Waals surface area contributed by atoms with Gasteiger partial charge in [-0.25, -0.2) is 0 Å². The lowest BCUT2D eigenvalue weighted by Crippen LogP contribution is -2.52. The summed E-state index contributed by atoms with van der Waals surface area (Å²) in [4.78, 5) is 14.5. The maximum absolute atomic E-state index is 12.7. The number of rotatable bonds is 2. The normalized spacial score (nSPS) is 21.0. The minimum absolute atomic E-state index is 0.0754. The van der Waals surface area contributed by atoms with Crippen LogP contribution in [-0.4, -0.2) is 46.1 Å². The number of amides is 1. The molecule has 1 saturated heterocycles. The summed E-state index contributed by atoms with van der Waals surface area (Å²) in [6.45, 7) is 5.54. The molecule has 0 atom stereocenters. The summed E-state index contributed by atoms with van der Waals surface area (Å²) in [5, 5.41) is 10.6. The molecule has 0 spiro atoms. The predicted octanol–water partition coefficient (Wildman–Crippen LogP) is 3.18. The summed E-state index contributed by atoms with van der Waals surface area (Å²) < 4.78 is 0. The topological polar surface area (TPSA) is 40.5 Å². The number of carbonyl (C=O) groups excluding carboxylic acids is 1. The van der Waals surface area contributed by atoms with E-state index in [0.29, 0.717) is 25.9 Å². The van der Waals surface area contributed by atoms with Crippen molar-refractivity contribution < 1.29 is 9.90 Å². The van der Waals surface area contributed by atoms with E-state index in [4.69, 9.17) is 0 Å². The lowest BCUT2D eigenvalue weighted by molar-refractivity contribution is -0.151. The van der Waals surface area contributed by atoms with Crippen molar-refractivity contribution in [2.45, 2.75) is 38.7 Å². The first-order chi connectivity index (χ1) is 11.0. The first kappa shape index (κ1) is 16.6. The van der Waals surface area contributed by atoms with E-state index in [1.807, 2.05) is 16.7 Å². The Bertz CT molecular complexity index is 612. The van der Waals surface area contributed by atoms with E-state index >= 15 is 0 Å². The molecule has 124 valence electrons. The lowest BCUT2D eigenvalue weighted by Gasteiger charge is -2.37. The Labute approximate surface area is 142 Å². The SMILES string of the molecule is Cc1cc(C)cc(C2=CCN(C(=O)C3(O)CCSCC3)CC2)c1. The van der Waals surface area contributed by atoms with E-state index in [-0.39, 0.29) is 5.91 Å². The molecule has 3 rings (SSSR count). The molecule has 23 heavy (non-hydrogen) atoms. The number of carbonyl (C=O) groups is 1. The molecule has 2 aliphatic rings. The van der Waals surface area contributed by atoms with Gasteiger partial charge in [0.05, 0.1) is 0 Å². The van der Waals surface area contributed by atoms with Gasteiger partial charge in [-0.1, -0.05) is 35.4 Å². The second-order valence-electron chi connectivity index (χ2n) is 6.75. The molecule has 0 radical (unpaired) electrons. The van der Waals surface area contributed by atoms with Crippen molar-refractivity contribution in [2.75, 3.05) is 24.6 Å². The Morgan fingerprint density at radius 2 is 1.83 bits per heavy atom. The first-order valence-corrected chi connectivity index (χ1v) is 9.51. The number of aliphatic hydroxyl groups is 1. The van der Waals surface area contributed by atoms with E-state index in [1.165, 1.54) is 22.3 Å².